The number of carbonyl (C=O) groups is 1. The van der Waals surface area contributed by atoms with Crippen LogP contribution in [0.25, 0.3) is 0 Å². The number of amides is 1. The normalized spacial score (nSPS) is 15.2. The maximum Gasteiger partial charge on any atom is 0.231 e. The van der Waals surface area contributed by atoms with Gasteiger partial charge in [0.05, 0.1) is 6.42 Å². The van der Waals surface area contributed by atoms with Gasteiger partial charge in [0.2, 0.25) is 5.91 Å². The number of hydrogen-bond donors (Lipinski definition) is 1. The van der Waals surface area contributed by atoms with Gasteiger partial charge in [-0.05, 0) is 41.1 Å². The molecule has 1 aliphatic heterocycles. The van der Waals surface area contributed by atoms with E-state index >= 15 is 0 Å². The summed E-state index contributed by atoms with van der Waals surface area (Å²) in [5, 5.41) is 10.5. The number of fused-ring (bicyclic) bond motifs is 1. The number of likely N-dealkylation sites (N-methyl/N-ethyl adjacent to an activating group) is 1. The van der Waals surface area contributed by atoms with Gasteiger partial charge in [0, 0.05) is 17.6 Å². The summed E-state index contributed by atoms with van der Waals surface area (Å²) >= 11 is 1.68. The van der Waals surface area contributed by atoms with Gasteiger partial charge in [0.1, 0.15) is 6.10 Å². The van der Waals surface area contributed by atoms with Crippen LogP contribution in [0.1, 0.15) is 22.8 Å². The number of thioether (sulfide) groups is 1. The van der Waals surface area contributed by atoms with Crippen LogP contribution in [0.3, 0.4) is 0 Å². The summed E-state index contributed by atoms with van der Waals surface area (Å²) in [5.41, 5.74) is 3.62. The molecule has 0 spiro atoms. The van der Waals surface area contributed by atoms with Crippen LogP contribution >= 0.6 is 11.8 Å². The van der Waals surface area contributed by atoms with Crippen molar-refractivity contribution in [2.75, 3.05) is 18.2 Å². The minimum Gasteiger partial charge on any atom is -0.384 e. The molecule has 0 aliphatic carbocycles. The van der Waals surface area contributed by atoms with Gasteiger partial charge in [0.25, 0.3) is 0 Å². The minimum atomic E-state index is -0.660. The fourth-order valence-electron chi connectivity index (χ4n) is 2.64. The lowest BCUT2D eigenvalue weighted by Gasteiger charge is -2.14. The first kappa shape index (κ1) is 14.2. The highest BCUT2D eigenvalue weighted by Crippen LogP contribution is 2.32. The van der Waals surface area contributed by atoms with Crippen molar-refractivity contribution in [3.05, 3.63) is 59.2 Å². The van der Waals surface area contributed by atoms with Crippen molar-refractivity contribution >= 4 is 23.4 Å². The maximum atomic E-state index is 11.7. The molecule has 0 saturated carbocycles. The van der Waals surface area contributed by atoms with Crippen molar-refractivity contribution in [1.29, 1.82) is 0 Å². The Morgan fingerprint density at radius 1 is 1.14 bits per heavy atom. The molecule has 1 atom stereocenters. The van der Waals surface area contributed by atoms with Crippen LogP contribution in [0.15, 0.2) is 47.4 Å². The lowest BCUT2D eigenvalue weighted by Crippen LogP contribution is -2.20. The molecule has 0 aromatic heterocycles. The molecule has 108 valence electrons. The van der Waals surface area contributed by atoms with Crippen LogP contribution in [0, 0.1) is 0 Å². The lowest BCUT2D eigenvalue weighted by molar-refractivity contribution is -0.117. The highest BCUT2D eigenvalue weighted by molar-refractivity contribution is 7.98. The minimum absolute atomic E-state index is 0.0981. The molecule has 1 N–H and O–H groups in total. The van der Waals surface area contributed by atoms with Crippen LogP contribution < -0.4 is 4.90 Å². The van der Waals surface area contributed by atoms with Crippen LogP contribution in [0.4, 0.5) is 5.69 Å². The number of benzene rings is 2. The SMILES string of the molecule is CSc1ccc(C(O)c2ccc3c(c2)CC(=O)N3C)cc1. The van der Waals surface area contributed by atoms with E-state index in [4.69, 9.17) is 0 Å². The molecule has 0 saturated heterocycles. The van der Waals surface area contributed by atoms with Gasteiger partial charge in [-0.3, -0.25) is 4.79 Å². The largest absolute Gasteiger partial charge is 0.384 e. The third-order valence-corrected chi connectivity index (χ3v) is 4.67. The second kappa shape index (κ2) is 5.54. The number of anilines is 1. The summed E-state index contributed by atoms with van der Waals surface area (Å²) in [5.74, 6) is 0.0981. The molecule has 3 nitrogen and oxygen atoms in total. The standard InChI is InChI=1S/C17H17NO2S/c1-18-15-8-5-12(9-13(15)10-16(18)19)17(20)11-3-6-14(21-2)7-4-11/h3-9,17,20H,10H2,1-2H3. The fourth-order valence-corrected chi connectivity index (χ4v) is 3.05. The molecule has 4 heteroatoms. The van der Waals surface area contributed by atoms with Crippen molar-refractivity contribution < 1.29 is 9.90 Å². The van der Waals surface area contributed by atoms with Crippen molar-refractivity contribution in [2.45, 2.75) is 17.4 Å². The molecule has 1 heterocycles. The summed E-state index contributed by atoms with van der Waals surface area (Å²) in [6, 6.07) is 13.6. The first-order chi connectivity index (χ1) is 10.1. The molecule has 1 unspecified atom stereocenters. The molecule has 0 fully saturated rings. The zero-order chi connectivity index (χ0) is 15.0. The van der Waals surface area contributed by atoms with E-state index in [1.807, 2.05) is 48.7 Å². The molecular formula is C17H17NO2S. The summed E-state index contributed by atoms with van der Waals surface area (Å²) in [6.45, 7) is 0. The highest BCUT2D eigenvalue weighted by atomic mass is 32.2. The average Bonchev–Trinajstić information content (AvgIpc) is 2.81. The van der Waals surface area contributed by atoms with Crippen LogP contribution in [0.2, 0.25) is 0 Å². The Labute approximate surface area is 128 Å². The smallest absolute Gasteiger partial charge is 0.231 e. The van der Waals surface area contributed by atoms with Crippen molar-refractivity contribution in [1.82, 2.24) is 0 Å². The van der Waals surface area contributed by atoms with Gasteiger partial charge in [0.15, 0.2) is 0 Å². The summed E-state index contributed by atoms with van der Waals surface area (Å²) in [6.07, 6.45) is 1.78. The number of hydrogen-bond acceptors (Lipinski definition) is 3. The van der Waals surface area contributed by atoms with E-state index in [1.165, 1.54) is 4.90 Å². The zero-order valence-electron chi connectivity index (χ0n) is 12.0. The molecule has 0 radical (unpaired) electrons. The Bertz CT molecular complexity index is 682. The van der Waals surface area contributed by atoms with Crippen molar-refractivity contribution in [3.63, 3.8) is 0 Å². The van der Waals surface area contributed by atoms with Crippen LogP contribution in [-0.4, -0.2) is 24.3 Å². The molecule has 2 aromatic carbocycles. The quantitative estimate of drug-likeness (QED) is 0.886. The Kier molecular flexibility index (Phi) is 3.74. The third-order valence-electron chi connectivity index (χ3n) is 3.93. The van der Waals surface area contributed by atoms with E-state index in [0.717, 1.165) is 22.4 Å². The molecule has 3 rings (SSSR count). The van der Waals surface area contributed by atoms with Gasteiger partial charge < -0.3 is 10.0 Å². The maximum absolute atomic E-state index is 11.7. The Hall–Kier alpha value is -1.78. The van der Waals surface area contributed by atoms with Crippen LogP contribution in [0.5, 0.6) is 0 Å². The van der Waals surface area contributed by atoms with Gasteiger partial charge in [-0.2, -0.15) is 0 Å². The average molecular weight is 299 g/mol. The van der Waals surface area contributed by atoms with E-state index in [2.05, 4.69) is 0 Å². The molecule has 1 aliphatic rings. The second-order valence-electron chi connectivity index (χ2n) is 5.19. The summed E-state index contributed by atoms with van der Waals surface area (Å²) in [4.78, 5) is 14.6. The molecule has 21 heavy (non-hydrogen) atoms. The van der Waals surface area contributed by atoms with Crippen LogP contribution in [-0.2, 0) is 11.2 Å². The van der Waals surface area contributed by atoms with Gasteiger partial charge in [-0.1, -0.05) is 24.3 Å². The van der Waals surface area contributed by atoms with E-state index in [-0.39, 0.29) is 5.91 Å². The van der Waals surface area contributed by atoms with E-state index < -0.39 is 6.10 Å². The second-order valence-corrected chi connectivity index (χ2v) is 6.07. The van der Waals surface area contributed by atoms with Crippen molar-refractivity contribution in [2.24, 2.45) is 0 Å². The summed E-state index contributed by atoms with van der Waals surface area (Å²) < 4.78 is 0. The first-order valence-electron chi connectivity index (χ1n) is 6.81. The number of aliphatic hydroxyl groups is 1. The first-order valence-corrected chi connectivity index (χ1v) is 8.04. The van der Waals surface area contributed by atoms with E-state index in [0.29, 0.717) is 6.42 Å². The molecule has 1 amide bonds. The van der Waals surface area contributed by atoms with Gasteiger partial charge in [-0.15, -0.1) is 11.8 Å². The molecule has 0 bridgehead atoms. The molecular weight excluding hydrogens is 282 g/mol. The number of aliphatic hydroxyl groups excluding tert-OH is 1. The Balaban J connectivity index is 1.90. The number of rotatable bonds is 3. The van der Waals surface area contributed by atoms with E-state index in [9.17, 15) is 9.90 Å². The predicted octanol–water partition coefficient (Wildman–Crippen LogP) is 3.01. The van der Waals surface area contributed by atoms with E-state index in [1.54, 1.807) is 23.7 Å². The Morgan fingerprint density at radius 2 is 1.81 bits per heavy atom. The van der Waals surface area contributed by atoms with Gasteiger partial charge in [-0.25, -0.2) is 0 Å². The topological polar surface area (TPSA) is 40.5 Å². The highest BCUT2D eigenvalue weighted by Gasteiger charge is 2.25. The monoisotopic (exact) mass is 299 g/mol. The predicted molar refractivity (Wildman–Crippen MR) is 85.8 cm³/mol. The Morgan fingerprint density at radius 3 is 2.48 bits per heavy atom. The zero-order valence-corrected chi connectivity index (χ0v) is 12.9. The number of carbonyl (C=O) groups excluding carboxylic acids is 1. The third kappa shape index (κ3) is 2.57. The lowest BCUT2D eigenvalue weighted by atomic mass is 9.99. The fraction of sp³-hybridized carbons (Fsp3) is 0.235. The van der Waals surface area contributed by atoms with Gasteiger partial charge >= 0.3 is 0 Å². The molecule has 2 aromatic rings. The number of nitrogens with zero attached hydrogens (tertiary/aromatic N) is 1. The van der Waals surface area contributed by atoms with Crippen molar-refractivity contribution in [3.8, 4) is 0 Å². The summed E-state index contributed by atoms with van der Waals surface area (Å²) in [7, 11) is 1.78.